The van der Waals surface area contributed by atoms with Gasteiger partial charge in [-0.1, -0.05) is 71.9 Å². The number of para-hydroxylation sites is 1. The molecule has 0 aliphatic heterocycles. The molecule has 0 atom stereocenters. The minimum absolute atomic E-state index is 0.0405. The van der Waals surface area contributed by atoms with Crippen molar-refractivity contribution in [2.45, 2.75) is 65.2 Å². The summed E-state index contributed by atoms with van der Waals surface area (Å²) in [7, 11) is 0. The van der Waals surface area contributed by atoms with E-state index in [1.807, 2.05) is 0 Å². The van der Waals surface area contributed by atoms with Gasteiger partial charge in [-0.15, -0.1) is 0 Å². The van der Waals surface area contributed by atoms with Crippen molar-refractivity contribution < 1.29 is 8.83 Å². The van der Waals surface area contributed by atoms with Gasteiger partial charge in [0.1, 0.15) is 22.5 Å². The summed E-state index contributed by atoms with van der Waals surface area (Å²) in [6.07, 6.45) is 6.58. The number of fused-ring (bicyclic) bond motifs is 8. The predicted molar refractivity (Wildman–Crippen MR) is 162 cm³/mol. The molecule has 0 bridgehead atoms. The summed E-state index contributed by atoms with van der Waals surface area (Å²) in [5, 5.41) is 11.6. The minimum Gasteiger partial charge on any atom is -0.460 e. The molecule has 0 N–H and O–H groups in total. The van der Waals surface area contributed by atoms with Gasteiger partial charge < -0.3 is 8.83 Å². The lowest BCUT2D eigenvalue weighted by Crippen LogP contribution is -2.14. The standard InChI is InChI=1S/C36H32O2/c1-35(2,3)25-15-23-31-19-11-7-9-13-27(19)38-30(31)18-22-26(36(4,5)6)16-24-32-20-12-8-10-14-28(20)37-29(32)17-21(25)33(24)34(22)23/h7-9,11-13,15-18H,10,14H2,1-6H3. The molecule has 2 aromatic heterocycles. The number of rotatable bonds is 0. The van der Waals surface area contributed by atoms with E-state index in [1.165, 1.54) is 65.2 Å². The van der Waals surface area contributed by atoms with E-state index in [9.17, 15) is 0 Å². The Hall–Kier alpha value is -3.78. The SMILES string of the molecule is CC(C)(C)c1cc2c3c(cc4c(C(C)(C)C)cc5c6c7c(oc6cc1c5c42)CCC=C7)oc1ccccc13. The van der Waals surface area contributed by atoms with Gasteiger partial charge in [-0.2, -0.15) is 0 Å². The summed E-state index contributed by atoms with van der Waals surface area (Å²) < 4.78 is 13.1. The van der Waals surface area contributed by atoms with Crippen LogP contribution in [0, 0.1) is 0 Å². The number of furan rings is 2. The van der Waals surface area contributed by atoms with E-state index in [4.69, 9.17) is 8.83 Å². The van der Waals surface area contributed by atoms with Crippen LogP contribution >= 0.6 is 0 Å². The number of aryl methyl sites for hydroxylation is 1. The molecule has 0 fully saturated rings. The molecule has 0 saturated carbocycles. The van der Waals surface area contributed by atoms with Gasteiger partial charge in [0.05, 0.1) is 0 Å². The Morgan fingerprint density at radius 3 is 1.84 bits per heavy atom. The topological polar surface area (TPSA) is 26.3 Å². The molecule has 188 valence electrons. The zero-order valence-electron chi connectivity index (χ0n) is 23.0. The fourth-order valence-electron chi connectivity index (χ4n) is 7.00. The van der Waals surface area contributed by atoms with E-state index in [0.717, 1.165) is 35.4 Å². The summed E-state index contributed by atoms with van der Waals surface area (Å²) in [5.74, 6) is 1.12. The van der Waals surface area contributed by atoms with E-state index in [2.05, 4.69) is 102 Å². The van der Waals surface area contributed by atoms with Crippen molar-refractivity contribution >= 4 is 71.3 Å². The van der Waals surface area contributed by atoms with Crippen LogP contribution < -0.4 is 0 Å². The largest absolute Gasteiger partial charge is 0.460 e. The van der Waals surface area contributed by atoms with Crippen molar-refractivity contribution in [1.82, 2.24) is 0 Å². The number of hydrogen-bond donors (Lipinski definition) is 0. The van der Waals surface area contributed by atoms with Crippen molar-refractivity contribution in [2.24, 2.45) is 0 Å². The van der Waals surface area contributed by atoms with Crippen molar-refractivity contribution in [1.29, 1.82) is 0 Å². The summed E-state index contributed by atoms with van der Waals surface area (Å²) >= 11 is 0. The highest BCUT2D eigenvalue weighted by molar-refractivity contribution is 6.36. The Labute approximate surface area is 222 Å². The van der Waals surface area contributed by atoms with Crippen LogP contribution in [0.15, 0.2) is 63.4 Å². The first kappa shape index (κ1) is 22.2. The van der Waals surface area contributed by atoms with Crippen LogP contribution in [0.3, 0.4) is 0 Å². The molecule has 1 aliphatic carbocycles. The third-order valence-electron chi connectivity index (χ3n) is 8.69. The normalized spacial score (nSPS) is 14.8. The molecule has 8 rings (SSSR count). The Morgan fingerprint density at radius 2 is 1.18 bits per heavy atom. The van der Waals surface area contributed by atoms with Gasteiger partial charge >= 0.3 is 0 Å². The third kappa shape index (κ3) is 2.78. The first-order valence-corrected chi connectivity index (χ1v) is 13.8. The monoisotopic (exact) mass is 496 g/mol. The average molecular weight is 497 g/mol. The molecule has 1 aliphatic rings. The fraction of sp³-hybridized carbons (Fsp3) is 0.278. The van der Waals surface area contributed by atoms with Gasteiger partial charge in [-0.05, 0) is 91.0 Å². The van der Waals surface area contributed by atoms with Crippen LogP contribution in [0.2, 0.25) is 0 Å². The van der Waals surface area contributed by atoms with E-state index in [0.29, 0.717) is 0 Å². The second-order valence-corrected chi connectivity index (χ2v) is 13.3. The summed E-state index contributed by atoms with van der Waals surface area (Å²) in [6.45, 7) is 13.9. The zero-order valence-corrected chi connectivity index (χ0v) is 23.0. The molecule has 2 heterocycles. The summed E-state index contributed by atoms with van der Waals surface area (Å²) in [5.41, 5.74) is 6.81. The minimum atomic E-state index is -0.0405. The highest BCUT2D eigenvalue weighted by Crippen LogP contribution is 2.50. The van der Waals surface area contributed by atoms with E-state index in [1.54, 1.807) is 0 Å². The van der Waals surface area contributed by atoms with E-state index < -0.39 is 0 Å². The Kier molecular flexibility index (Phi) is 4.09. The number of hydrogen-bond acceptors (Lipinski definition) is 2. The van der Waals surface area contributed by atoms with Gasteiger partial charge in [0.15, 0.2) is 0 Å². The van der Waals surface area contributed by atoms with Crippen LogP contribution in [0.5, 0.6) is 0 Å². The first-order chi connectivity index (χ1) is 18.1. The Balaban J connectivity index is 1.75. The lowest BCUT2D eigenvalue weighted by Gasteiger charge is -2.28. The van der Waals surface area contributed by atoms with Crippen LogP contribution in [-0.2, 0) is 17.3 Å². The lowest BCUT2D eigenvalue weighted by atomic mass is 9.75. The molecule has 38 heavy (non-hydrogen) atoms. The van der Waals surface area contributed by atoms with Crippen LogP contribution in [-0.4, -0.2) is 0 Å². The highest BCUT2D eigenvalue weighted by Gasteiger charge is 2.29. The fourth-order valence-corrected chi connectivity index (χ4v) is 7.00. The lowest BCUT2D eigenvalue weighted by molar-refractivity contribution is 0.546. The van der Waals surface area contributed by atoms with Gasteiger partial charge in [0.25, 0.3) is 0 Å². The quantitative estimate of drug-likeness (QED) is 0.195. The third-order valence-corrected chi connectivity index (χ3v) is 8.69. The highest BCUT2D eigenvalue weighted by atomic mass is 16.3. The molecule has 0 radical (unpaired) electrons. The van der Waals surface area contributed by atoms with E-state index >= 15 is 0 Å². The second kappa shape index (κ2) is 6.99. The van der Waals surface area contributed by atoms with Crippen LogP contribution in [0.1, 0.15) is 70.4 Å². The molecule has 2 nitrogen and oxygen atoms in total. The molecule has 0 unspecified atom stereocenters. The number of allylic oxidation sites excluding steroid dienone is 1. The Morgan fingerprint density at radius 1 is 0.579 bits per heavy atom. The molecule has 0 spiro atoms. The van der Waals surface area contributed by atoms with Gasteiger partial charge in [-0.25, -0.2) is 0 Å². The molecule has 0 saturated heterocycles. The number of benzene rings is 5. The zero-order chi connectivity index (χ0) is 26.1. The van der Waals surface area contributed by atoms with Gasteiger partial charge in [0, 0.05) is 28.1 Å². The molecular weight excluding hydrogens is 464 g/mol. The second-order valence-electron chi connectivity index (χ2n) is 13.3. The van der Waals surface area contributed by atoms with Crippen LogP contribution in [0.25, 0.3) is 71.3 Å². The maximum atomic E-state index is 6.58. The summed E-state index contributed by atoms with van der Waals surface area (Å²) in [6, 6.07) is 18.0. The molecule has 2 heteroatoms. The Bertz CT molecular complexity index is 2130. The van der Waals surface area contributed by atoms with Gasteiger partial charge in [0.2, 0.25) is 0 Å². The van der Waals surface area contributed by atoms with Crippen molar-refractivity contribution in [2.75, 3.05) is 0 Å². The first-order valence-electron chi connectivity index (χ1n) is 13.8. The van der Waals surface area contributed by atoms with Crippen LogP contribution in [0.4, 0.5) is 0 Å². The smallest absolute Gasteiger partial charge is 0.136 e. The van der Waals surface area contributed by atoms with Gasteiger partial charge in [-0.3, -0.25) is 0 Å². The average Bonchev–Trinajstić information content (AvgIpc) is 3.42. The van der Waals surface area contributed by atoms with E-state index in [-0.39, 0.29) is 10.8 Å². The van der Waals surface area contributed by atoms with Crippen molar-refractivity contribution in [3.05, 3.63) is 77.1 Å². The molecular formula is C36H32O2. The summed E-state index contributed by atoms with van der Waals surface area (Å²) in [4.78, 5) is 0. The molecule has 7 aromatic rings. The van der Waals surface area contributed by atoms with Crippen molar-refractivity contribution in [3.8, 4) is 0 Å². The molecule has 5 aromatic carbocycles. The predicted octanol–water partition coefficient (Wildman–Crippen LogP) is 10.8. The molecule has 0 amide bonds. The maximum Gasteiger partial charge on any atom is 0.136 e. The maximum absolute atomic E-state index is 6.58. The van der Waals surface area contributed by atoms with Crippen molar-refractivity contribution in [3.63, 3.8) is 0 Å².